The highest BCUT2D eigenvalue weighted by molar-refractivity contribution is 5.45. The SMILES string of the molecule is CNC1CCc2c(OCc3cnoc3)cccc21. The van der Waals surface area contributed by atoms with Crippen molar-refractivity contribution in [1.29, 1.82) is 0 Å². The molecule has 1 unspecified atom stereocenters. The molecule has 0 spiro atoms. The summed E-state index contributed by atoms with van der Waals surface area (Å²) in [6, 6.07) is 6.72. The van der Waals surface area contributed by atoms with Gasteiger partial charge in [0.15, 0.2) is 0 Å². The van der Waals surface area contributed by atoms with Gasteiger partial charge < -0.3 is 14.6 Å². The van der Waals surface area contributed by atoms with Crippen LogP contribution in [0.3, 0.4) is 0 Å². The van der Waals surface area contributed by atoms with Gasteiger partial charge in [0.25, 0.3) is 0 Å². The molecule has 0 amide bonds. The van der Waals surface area contributed by atoms with Crippen LogP contribution in [0.15, 0.2) is 35.2 Å². The summed E-state index contributed by atoms with van der Waals surface area (Å²) >= 11 is 0. The van der Waals surface area contributed by atoms with E-state index in [2.05, 4.69) is 22.6 Å². The van der Waals surface area contributed by atoms with E-state index in [1.807, 2.05) is 13.1 Å². The first-order valence-electron chi connectivity index (χ1n) is 6.18. The molecule has 4 heteroatoms. The molecule has 0 saturated carbocycles. The molecule has 4 nitrogen and oxygen atoms in total. The number of aromatic nitrogens is 1. The first-order chi connectivity index (χ1) is 8.88. The minimum Gasteiger partial charge on any atom is -0.488 e. The molecule has 0 aliphatic heterocycles. The van der Waals surface area contributed by atoms with Gasteiger partial charge >= 0.3 is 0 Å². The average Bonchev–Trinajstić information content (AvgIpc) is 3.05. The largest absolute Gasteiger partial charge is 0.488 e. The van der Waals surface area contributed by atoms with E-state index >= 15 is 0 Å². The zero-order chi connectivity index (χ0) is 12.4. The predicted molar refractivity (Wildman–Crippen MR) is 67.4 cm³/mol. The van der Waals surface area contributed by atoms with E-state index in [1.165, 1.54) is 11.1 Å². The molecule has 1 aromatic heterocycles. The molecule has 1 aliphatic carbocycles. The van der Waals surface area contributed by atoms with E-state index in [4.69, 9.17) is 9.26 Å². The first-order valence-corrected chi connectivity index (χ1v) is 6.18. The summed E-state index contributed by atoms with van der Waals surface area (Å²) < 4.78 is 10.6. The molecule has 0 saturated heterocycles. The topological polar surface area (TPSA) is 47.3 Å². The molecule has 2 aromatic rings. The van der Waals surface area contributed by atoms with Gasteiger partial charge in [-0.1, -0.05) is 17.3 Å². The van der Waals surface area contributed by atoms with Gasteiger partial charge in [0.05, 0.1) is 6.20 Å². The van der Waals surface area contributed by atoms with Crippen LogP contribution in [0.1, 0.15) is 29.2 Å². The summed E-state index contributed by atoms with van der Waals surface area (Å²) in [5.74, 6) is 0.978. The average molecular weight is 244 g/mol. The Balaban J connectivity index is 1.79. The monoisotopic (exact) mass is 244 g/mol. The molecule has 0 radical (unpaired) electrons. The van der Waals surface area contributed by atoms with Crippen LogP contribution >= 0.6 is 0 Å². The van der Waals surface area contributed by atoms with Crippen LogP contribution < -0.4 is 10.1 Å². The quantitative estimate of drug-likeness (QED) is 0.897. The number of rotatable bonds is 4. The van der Waals surface area contributed by atoms with Crippen molar-refractivity contribution in [3.8, 4) is 5.75 Å². The van der Waals surface area contributed by atoms with Crippen molar-refractivity contribution in [1.82, 2.24) is 10.5 Å². The smallest absolute Gasteiger partial charge is 0.130 e. The summed E-state index contributed by atoms with van der Waals surface area (Å²) in [6.07, 6.45) is 5.50. The second-order valence-corrected chi connectivity index (χ2v) is 4.53. The van der Waals surface area contributed by atoms with Gasteiger partial charge in [-0.05, 0) is 37.1 Å². The Morgan fingerprint density at radius 3 is 3.22 bits per heavy atom. The van der Waals surface area contributed by atoms with E-state index in [0.717, 1.165) is 24.2 Å². The summed E-state index contributed by atoms with van der Waals surface area (Å²) in [5, 5.41) is 7.00. The van der Waals surface area contributed by atoms with Gasteiger partial charge in [0.2, 0.25) is 0 Å². The maximum Gasteiger partial charge on any atom is 0.130 e. The highest BCUT2D eigenvalue weighted by Gasteiger charge is 2.23. The van der Waals surface area contributed by atoms with Crippen molar-refractivity contribution in [2.45, 2.75) is 25.5 Å². The minimum absolute atomic E-state index is 0.458. The lowest BCUT2D eigenvalue weighted by atomic mass is 10.1. The minimum atomic E-state index is 0.458. The Hall–Kier alpha value is -1.81. The van der Waals surface area contributed by atoms with Crippen molar-refractivity contribution >= 4 is 0 Å². The molecular formula is C14H16N2O2. The molecule has 1 atom stereocenters. The predicted octanol–water partition coefficient (Wildman–Crippen LogP) is 2.46. The third-order valence-corrected chi connectivity index (χ3v) is 3.45. The maximum atomic E-state index is 5.86. The van der Waals surface area contributed by atoms with Crippen molar-refractivity contribution in [2.75, 3.05) is 7.05 Å². The number of nitrogens with one attached hydrogen (secondary N) is 1. The molecule has 0 bridgehead atoms. The fourth-order valence-corrected chi connectivity index (χ4v) is 2.51. The molecule has 18 heavy (non-hydrogen) atoms. The lowest BCUT2D eigenvalue weighted by molar-refractivity contribution is 0.301. The number of hydrogen-bond acceptors (Lipinski definition) is 4. The summed E-state index contributed by atoms with van der Waals surface area (Å²) in [5.41, 5.74) is 3.64. The molecule has 94 valence electrons. The Morgan fingerprint density at radius 2 is 2.44 bits per heavy atom. The van der Waals surface area contributed by atoms with Gasteiger partial charge in [-0.25, -0.2) is 0 Å². The van der Waals surface area contributed by atoms with Crippen LogP contribution in [0.2, 0.25) is 0 Å². The van der Waals surface area contributed by atoms with Crippen LogP contribution in [-0.2, 0) is 13.0 Å². The van der Waals surface area contributed by atoms with Gasteiger partial charge in [-0.2, -0.15) is 0 Å². The highest BCUT2D eigenvalue weighted by atomic mass is 16.5. The van der Waals surface area contributed by atoms with Crippen molar-refractivity contribution in [3.05, 3.63) is 47.3 Å². The second kappa shape index (κ2) is 4.82. The third-order valence-electron chi connectivity index (χ3n) is 3.45. The van der Waals surface area contributed by atoms with E-state index in [1.54, 1.807) is 12.5 Å². The van der Waals surface area contributed by atoms with Crippen molar-refractivity contribution < 1.29 is 9.26 Å². The standard InChI is InChI=1S/C14H16N2O2/c1-15-13-6-5-12-11(13)3-2-4-14(12)17-8-10-7-16-18-9-10/h2-4,7,9,13,15H,5-6,8H2,1H3. The fourth-order valence-electron chi connectivity index (χ4n) is 2.51. The van der Waals surface area contributed by atoms with Gasteiger partial charge in [-0.3, -0.25) is 0 Å². The van der Waals surface area contributed by atoms with E-state index < -0.39 is 0 Å². The lowest BCUT2D eigenvalue weighted by Crippen LogP contribution is -2.12. The Labute approximate surface area is 106 Å². The van der Waals surface area contributed by atoms with E-state index in [9.17, 15) is 0 Å². The Bertz CT molecular complexity index is 523. The zero-order valence-electron chi connectivity index (χ0n) is 10.3. The van der Waals surface area contributed by atoms with E-state index in [-0.39, 0.29) is 0 Å². The molecule has 1 heterocycles. The lowest BCUT2D eigenvalue weighted by Gasteiger charge is -2.12. The number of hydrogen-bond donors (Lipinski definition) is 1. The maximum absolute atomic E-state index is 5.86. The van der Waals surface area contributed by atoms with Gasteiger partial charge in [0.1, 0.15) is 18.6 Å². The highest BCUT2D eigenvalue weighted by Crippen LogP contribution is 2.36. The van der Waals surface area contributed by atoms with Crippen molar-refractivity contribution in [2.24, 2.45) is 0 Å². The normalized spacial score (nSPS) is 17.7. The van der Waals surface area contributed by atoms with Crippen LogP contribution in [0.5, 0.6) is 5.75 Å². The molecular weight excluding hydrogens is 228 g/mol. The summed E-state index contributed by atoms with van der Waals surface area (Å²) in [7, 11) is 2.00. The molecule has 1 aliphatic rings. The number of fused-ring (bicyclic) bond motifs is 1. The summed E-state index contributed by atoms with van der Waals surface area (Å²) in [4.78, 5) is 0. The molecule has 0 fully saturated rings. The van der Waals surface area contributed by atoms with Crippen LogP contribution in [0.4, 0.5) is 0 Å². The number of benzene rings is 1. The van der Waals surface area contributed by atoms with Crippen LogP contribution in [0.25, 0.3) is 0 Å². The van der Waals surface area contributed by atoms with Crippen LogP contribution in [0, 0.1) is 0 Å². The van der Waals surface area contributed by atoms with Gasteiger partial charge in [-0.15, -0.1) is 0 Å². The Morgan fingerprint density at radius 1 is 1.50 bits per heavy atom. The summed E-state index contributed by atoms with van der Waals surface area (Å²) in [6.45, 7) is 0.504. The third kappa shape index (κ3) is 1.99. The number of ether oxygens (including phenoxy) is 1. The van der Waals surface area contributed by atoms with Crippen LogP contribution in [-0.4, -0.2) is 12.2 Å². The molecule has 1 aromatic carbocycles. The Kier molecular flexibility index (Phi) is 3.02. The first kappa shape index (κ1) is 11.3. The van der Waals surface area contributed by atoms with Crippen molar-refractivity contribution in [3.63, 3.8) is 0 Å². The second-order valence-electron chi connectivity index (χ2n) is 4.53. The number of nitrogens with zero attached hydrogens (tertiary/aromatic N) is 1. The fraction of sp³-hybridized carbons (Fsp3) is 0.357. The molecule has 3 rings (SSSR count). The zero-order valence-corrected chi connectivity index (χ0v) is 10.3. The molecule has 1 N–H and O–H groups in total. The van der Waals surface area contributed by atoms with Gasteiger partial charge in [0, 0.05) is 11.6 Å². The van der Waals surface area contributed by atoms with E-state index in [0.29, 0.717) is 12.6 Å².